The van der Waals surface area contributed by atoms with Crippen LogP contribution in [0.1, 0.15) is 18.1 Å². The van der Waals surface area contributed by atoms with Crippen LogP contribution in [0, 0.1) is 0 Å². The van der Waals surface area contributed by atoms with Crippen molar-refractivity contribution in [3.05, 3.63) is 11.7 Å². The van der Waals surface area contributed by atoms with E-state index in [-0.39, 0.29) is 6.10 Å². The number of aromatic nitrogens is 2. The average molecular weight is 213 g/mol. The van der Waals surface area contributed by atoms with Crippen molar-refractivity contribution < 1.29 is 14.4 Å². The van der Waals surface area contributed by atoms with Crippen LogP contribution < -0.4 is 0 Å². The molecule has 0 spiro atoms. The van der Waals surface area contributed by atoms with Crippen molar-refractivity contribution in [2.45, 2.75) is 25.7 Å². The number of ether oxygens (including phenoxy) is 1. The predicted octanol–water partition coefficient (Wildman–Crippen LogP) is -0.217. The van der Waals surface area contributed by atoms with Gasteiger partial charge in [-0.2, -0.15) is 4.98 Å². The summed E-state index contributed by atoms with van der Waals surface area (Å²) in [7, 11) is 1.59. The van der Waals surface area contributed by atoms with Crippen molar-refractivity contribution in [3.63, 3.8) is 0 Å². The monoisotopic (exact) mass is 213 g/mol. The van der Waals surface area contributed by atoms with Gasteiger partial charge < -0.3 is 14.4 Å². The zero-order valence-electron chi connectivity index (χ0n) is 8.72. The van der Waals surface area contributed by atoms with Crippen LogP contribution >= 0.6 is 0 Å². The van der Waals surface area contributed by atoms with E-state index in [4.69, 9.17) is 9.26 Å². The van der Waals surface area contributed by atoms with Crippen LogP contribution in [-0.2, 0) is 17.9 Å². The van der Waals surface area contributed by atoms with Crippen LogP contribution in [0.15, 0.2) is 4.52 Å². The first kappa shape index (κ1) is 10.5. The van der Waals surface area contributed by atoms with Gasteiger partial charge in [0.15, 0.2) is 5.82 Å². The number of aliphatic hydroxyl groups is 1. The molecule has 1 aliphatic heterocycles. The molecule has 6 nitrogen and oxygen atoms in total. The first-order chi connectivity index (χ1) is 7.28. The van der Waals surface area contributed by atoms with Crippen LogP contribution in [-0.4, -0.2) is 46.5 Å². The molecule has 0 aliphatic carbocycles. The third-order valence-electron chi connectivity index (χ3n) is 2.39. The van der Waals surface area contributed by atoms with Crippen molar-refractivity contribution in [3.8, 4) is 0 Å². The Bertz CT molecular complexity index is 315. The molecule has 84 valence electrons. The van der Waals surface area contributed by atoms with Gasteiger partial charge in [-0.1, -0.05) is 5.16 Å². The van der Waals surface area contributed by atoms with Gasteiger partial charge in [0.05, 0.1) is 12.6 Å². The minimum Gasteiger partial charge on any atom is -0.392 e. The molecule has 1 N–H and O–H groups in total. The average Bonchev–Trinajstić information content (AvgIpc) is 2.78. The number of rotatable bonds is 4. The van der Waals surface area contributed by atoms with E-state index in [9.17, 15) is 5.11 Å². The molecule has 1 fully saturated rings. The third-order valence-corrected chi connectivity index (χ3v) is 2.39. The summed E-state index contributed by atoms with van der Waals surface area (Å²) in [6, 6.07) is 0. The summed E-state index contributed by atoms with van der Waals surface area (Å²) in [6.07, 6.45) is 0.602. The zero-order valence-corrected chi connectivity index (χ0v) is 8.72. The summed E-state index contributed by atoms with van der Waals surface area (Å²) in [5, 5.41) is 13.1. The summed E-state index contributed by atoms with van der Waals surface area (Å²) in [4.78, 5) is 6.25. The standard InChI is InChI=1S/C9H15N3O3/c1-14-6-8-10-9(15-11-8)5-12-3-2-7(13)4-12/h7,13H,2-6H2,1H3/t7-/m0/s1. The lowest BCUT2D eigenvalue weighted by molar-refractivity contribution is 0.169. The molecular weight excluding hydrogens is 198 g/mol. The highest BCUT2D eigenvalue weighted by atomic mass is 16.5. The molecule has 0 saturated carbocycles. The van der Waals surface area contributed by atoms with Crippen LogP contribution in [0.25, 0.3) is 0 Å². The minimum atomic E-state index is -0.216. The van der Waals surface area contributed by atoms with Crippen LogP contribution in [0.3, 0.4) is 0 Å². The second-order valence-corrected chi connectivity index (χ2v) is 3.71. The van der Waals surface area contributed by atoms with Gasteiger partial charge in [0.25, 0.3) is 0 Å². The van der Waals surface area contributed by atoms with Crippen molar-refractivity contribution in [1.29, 1.82) is 0 Å². The molecule has 15 heavy (non-hydrogen) atoms. The van der Waals surface area contributed by atoms with Gasteiger partial charge in [0.2, 0.25) is 5.89 Å². The summed E-state index contributed by atoms with van der Waals surface area (Å²) >= 11 is 0. The van der Waals surface area contributed by atoms with Crippen molar-refractivity contribution in [1.82, 2.24) is 15.0 Å². The smallest absolute Gasteiger partial charge is 0.240 e. The number of methoxy groups -OCH3 is 1. The van der Waals surface area contributed by atoms with Gasteiger partial charge in [0, 0.05) is 20.2 Å². The Hall–Kier alpha value is -0.980. The van der Waals surface area contributed by atoms with E-state index >= 15 is 0 Å². The van der Waals surface area contributed by atoms with Gasteiger partial charge in [-0.15, -0.1) is 0 Å². The molecule has 1 atom stereocenters. The predicted molar refractivity (Wildman–Crippen MR) is 50.9 cm³/mol. The lowest BCUT2D eigenvalue weighted by atomic mass is 10.3. The maximum absolute atomic E-state index is 9.34. The zero-order chi connectivity index (χ0) is 10.7. The molecule has 2 heterocycles. The van der Waals surface area contributed by atoms with Crippen molar-refractivity contribution >= 4 is 0 Å². The van der Waals surface area contributed by atoms with Crippen molar-refractivity contribution in [2.24, 2.45) is 0 Å². The van der Waals surface area contributed by atoms with Gasteiger partial charge in [-0.05, 0) is 6.42 Å². The van der Waals surface area contributed by atoms with E-state index in [0.717, 1.165) is 13.0 Å². The first-order valence-electron chi connectivity index (χ1n) is 4.98. The molecule has 1 aromatic rings. The minimum absolute atomic E-state index is 0.216. The van der Waals surface area contributed by atoms with Crippen LogP contribution in [0.2, 0.25) is 0 Å². The van der Waals surface area contributed by atoms with E-state index in [0.29, 0.717) is 31.4 Å². The fourth-order valence-electron chi connectivity index (χ4n) is 1.69. The summed E-state index contributed by atoms with van der Waals surface area (Å²) in [5.41, 5.74) is 0. The van der Waals surface area contributed by atoms with Gasteiger partial charge >= 0.3 is 0 Å². The van der Waals surface area contributed by atoms with Crippen molar-refractivity contribution in [2.75, 3.05) is 20.2 Å². The molecular formula is C9H15N3O3. The molecule has 0 radical (unpaired) electrons. The lowest BCUT2D eigenvalue weighted by Gasteiger charge is -2.10. The molecule has 1 saturated heterocycles. The van der Waals surface area contributed by atoms with Crippen LogP contribution in [0.4, 0.5) is 0 Å². The van der Waals surface area contributed by atoms with E-state index in [1.807, 2.05) is 0 Å². The van der Waals surface area contributed by atoms with Gasteiger partial charge in [-0.3, -0.25) is 4.90 Å². The van der Waals surface area contributed by atoms with E-state index in [2.05, 4.69) is 15.0 Å². The molecule has 1 aliphatic rings. The van der Waals surface area contributed by atoms with E-state index in [1.165, 1.54) is 0 Å². The summed E-state index contributed by atoms with van der Waals surface area (Å²) in [6.45, 7) is 2.53. The Labute approximate surface area is 87.8 Å². The maximum Gasteiger partial charge on any atom is 0.240 e. The van der Waals surface area contributed by atoms with Gasteiger partial charge in [0.1, 0.15) is 6.61 Å². The highest BCUT2D eigenvalue weighted by molar-refractivity contribution is 4.86. The molecule has 0 amide bonds. The number of likely N-dealkylation sites (tertiary alicyclic amines) is 1. The molecule has 2 rings (SSSR count). The molecule has 0 bridgehead atoms. The fourth-order valence-corrected chi connectivity index (χ4v) is 1.69. The Balaban J connectivity index is 1.87. The Morgan fingerprint density at radius 2 is 2.53 bits per heavy atom. The highest BCUT2D eigenvalue weighted by Crippen LogP contribution is 2.12. The number of aliphatic hydroxyl groups excluding tert-OH is 1. The SMILES string of the molecule is COCc1noc(CN2CC[C@H](O)C2)n1. The Kier molecular flexibility index (Phi) is 3.30. The molecule has 0 unspecified atom stereocenters. The topological polar surface area (TPSA) is 71.6 Å². The maximum atomic E-state index is 9.34. The van der Waals surface area contributed by atoms with E-state index < -0.39 is 0 Å². The number of nitrogens with zero attached hydrogens (tertiary/aromatic N) is 3. The number of hydrogen-bond donors (Lipinski definition) is 1. The summed E-state index contributed by atoms with van der Waals surface area (Å²) < 4.78 is 9.94. The second kappa shape index (κ2) is 4.69. The number of β-amino-alcohol motifs (C(OH)–C–C–N with tert-alkyl or cyclic N) is 1. The Morgan fingerprint density at radius 1 is 1.67 bits per heavy atom. The third kappa shape index (κ3) is 2.74. The first-order valence-corrected chi connectivity index (χ1v) is 4.98. The quantitative estimate of drug-likeness (QED) is 0.745. The Morgan fingerprint density at radius 3 is 3.20 bits per heavy atom. The fraction of sp³-hybridized carbons (Fsp3) is 0.778. The molecule has 1 aromatic heterocycles. The second-order valence-electron chi connectivity index (χ2n) is 3.71. The largest absolute Gasteiger partial charge is 0.392 e. The van der Waals surface area contributed by atoms with Gasteiger partial charge in [-0.25, -0.2) is 0 Å². The van der Waals surface area contributed by atoms with E-state index in [1.54, 1.807) is 7.11 Å². The molecule has 6 heteroatoms. The van der Waals surface area contributed by atoms with Crippen LogP contribution in [0.5, 0.6) is 0 Å². The number of hydrogen-bond acceptors (Lipinski definition) is 6. The highest BCUT2D eigenvalue weighted by Gasteiger charge is 2.21. The molecule has 0 aromatic carbocycles. The summed E-state index contributed by atoms with van der Waals surface area (Å²) in [5.74, 6) is 1.14. The normalized spacial score (nSPS) is 22.4. The lowest BCUT2D eigenvalue weighted by Crippen LogP contribution is -2.21.